The van der Waals surface area contributed by atoms with Crippen LogP contribution in [-0.2, 0) is 9.53 Å². The second-order valence-electron chi connectivity index (χ2n) is 3.93. The van der Waals surface area contributed by atoms with Crippen LogP contribution in [-0.4, -0.2) is 18.1 Å². The molecule has 0 aromatic heterocycles. The lowest BCUT2D eigenvalue weighted by molar-refractivity contribution is -0.151. The monoisotopic (exact) mass is 197 g/mol. The van der Waals surface area contributed by atoms with Gasteiger partial charge in [-0.15, -0.1) is 0 Å². The van der Waals surface area contributed by atoms with Crippen molar-refractivity contribution in [2.45, 2.75) is 45.3 Å². The molecule has 80 valence electrons. The Bertz CT molecular complexity index is 225. The summed E-state index contributed by atoms with van der Waals surface area (Å²) in [7, 11) is 0. The molecule has 0 aromatic carbocycles. The first-order valence-electron chi connectivity index (χ1n) is 5.28. The van der Waals surface area contributed by atoms with Crippen LogP contribution in [0.3, 0.4) is 0 Å². The van der Waals surface area contributed by atoms with E-state index in [1.54, 1.807) is 0 Å². The third kappa shape index (κ3) is 3.14. The highest BCUT2D eigenvalue weighted by Crippen LogP contribution is 2.19. The minimum absolute atomic E-state index is 0.0223. The van der Waals surface area contributed by atoms with Gasteiger partial charge in [0.1, 0.15) is 0 Å². The Balaban J connectivity index is 2.32. The van der Waals surface area contributed by atoms with Crippen molar-refractivity contribution in [2.75, 3.05) is 0 Å². The first kappa shape index (κ1) is 11.2. The van der Waals surface area contributed by atoms with E-state index in [2.05, 4.69) is 6.92 Å². The standard InChI is InChI=1S/C11H19NO2/c1-3-4-8(2)14-11(13)9-5-6-10(12)7-9/h5-6,8-10H,3-4,7,12H2,1-2H3. The third-order valence-electron chi connectivity index (χ3n) is 2.43. The normalized spacial score (nSPS) is 27.6. The molecule has 0 radical (unpaired) electrons. The van der Waals surface area contributed by atoms with E-state index >= 15 is 0 Å². The van der Waals surface area contributed by atoms with Crippen LogP contribution in [0.15, 0.2) is 12.2 Å². The van der Waals surface area contributed by atoms with Gasteiger partial charge in [-0.2, -0.15) is 0 Å². The Kier molecular flexibility index (Phi) is 4.14. The van der Waals surface area contributed by atoms with Crippen LogP contribution in [0.1, 0.15) is 33.1 Å². The van der Waals surface area contributed by atoms with Crippen molar-refractivity contribution >= 4 is 5.97 Å². The van der Waals surface area contributed by atoms with Crippen molar-refractivity contribution in [2.24, 2.45) is 11.7 Å². The van der Waals surface area contributed by atoms with Crippen LogP contribution in [0, 0.1) is 5.92 Å². The third-order valence-corrected chi connectivity index (χ3v) is 2.43. The Labute approximate surface area is 85.3 Å². The van der Waals surface area contributed by atoms with Crippen LogP contribution in [0.4, 0.5) is 0 Å². The summed E-state index contributed by atoms with van der Waals surface area (Å²) in [5.74, 6) is -0.251. The van der Waals surface area contributed by atoms with E-state index in [-0.39, 0.29) is 24.0 Å². The zero-order chi connectivity index (χ0) is 10.6. The number of esters is 1. The van der Waals surface area contributed by atoms with Crippen LogP contribution >= 0.6 is 0 Å². The molecule has 1 aliphatic rings. The van der Waals surface area contributed by atoms with Crippen LogP contribution < -0.4 is 5.73 Å². The Morgan fingerprint density at radius 2 is 2.36 bits per heavy atom. The van der Waals surface area contributed by atoms with Gasteiger partial charge in [0, 0.05) is 6.04 Å². The van der Waals surface area contributed by atoms with Crippen LogP contribution in [0.25, 0.3) is 0 Å². The highest BCUT2D eigenvalue weighted by molar-refractivity contribution is 5.75. The average molecular weight is 197 g/mol. The fourth-order valence-electron chi connectivity index (χ4n) is 1.65. The Morgan fingerprint density at radius 3 is 2.86 bits per heavy atom. The highest BCUT2D eigenvalue weighted by Gasteiger charge is 2.24. The summed E-state index contributed by atoms with van der Waals surface area (Å²) in [6.07, 6.45) is 6.40. The SMILES string of the molecule is CCCC(C)OC(=O)C1C=CC(N)C1. The zero-order valence-corrected chi connectivity index (χ0v) is 8.90. The maximum Gasteiger partial charge on any atom is 0.313 e. The first-order valence-corrected chi connectivity index (χ1v) is 5.28. The van der Waals surface area contributed by atoms with Gasteiger partial charge in [0.2, 0.25) is 0 Å². The molecule has 0 amide bonds. The van der Waals surface area contributed by atoms with E-state index in [9.17, 15) is 4.79 Å². The van der Waals surface area contributed by atoms with Crippen molar-refractivity contribution in [1.29, 1.82) is 0 Å². The summed E-state index contributed by atoms with van der Waals surface area (Å²) in [6.45, 7) is 4.01. The molecule has 0 bridgehead atoms. The quantitative estimate of drug-likeness (QED) is 0.550. The van der Waals surface area contributed by atoms with Crippen molar-refractivity contribution in [3.63, 3.8) is 0 Å². The van der Waals surface area contributed by atoms with E-state index in [4.69, 9.17) is 10.5 Å². The maximum atomic E-state index is 11.5. The average Bonchev–Trinajstić information content (AvgIpc) is 2.52. The van der Waals surface area contributed by atoms with E-state index < -0.39 is 0 Å². The highest BCUT2D eigenvalue weighted by atomic mass is 16.5. The van der Waals surface area contributed by atoms with Crippen molar-refractivity contribution in [3.05, 3.63) is 12.2 Å². The number of nitrogens with two attached hydrogens (primary N) is 1. The predicted molar refractivity (Wildman–Crippen MR) is 55.7 cm³/mol. The van der Waals surface area contributed by atoms with Gasteiger partial charge in [0.15, 0.2) is 0 Å². The molecule has 3 heteroatoms. The van der Waals surface area contributed by atoms with E-state index in [1.807, 2.05) is 19.1 Å². The molecular weight excluding hydrogens is 178 g/mol. The summed E-state index contributed by atoms with van der Waals surface area (Å²) in [5, 5.41) is 0. The van der Waals surface area contributed by atoms with Gasteiger partial charge in [-0.3, -0.25) is 4.79 Å². The fourth-order valence-corrected chi connectivity index (χ4v) is 1.65. The molecule has 0 aromatic rings. The molecule has 1 aliphatic carbocycles. The van der Waals surface area contributed by atoms with Crippen molar-refractivity contribution in [3.8, 4) is 0 Å². The summed E-state index contributed by atoms with van der Waals surface area (Å²) in [4.78, 5) is 11.5. The maximum absolute atomic E-state index is 11.5. The number of carbonyl (C=O) groups is 1. The predicted octanol–water partition coefficient (Wildman–Crippen LogP) is 1.62. The van der Waals surface area contributed by atoms with Gasteiger partial charge < -0.3 is 10.5 Å². The minimum Gasteiger partial charge on any atom is -0.462 e. The van der Waals surface area contributed by atoms with Gasteiger partial charge in [-0.05, 0) is 19.8 Å². The molecule has 0 aliphatic heterocycles. The molecule has 14 heavy (non-hydrogen) atoms. The van der Waals surface area contributed by atoms with Gasteiger partial charge in [-0.25, -0.2) is 0 Å². The van der Waals surface area contributed by atoms with Gasteiger partial charge in [-0.1, -0.05) is 25.5 Å². The molecule has 3 unspecified atom stereocenters. The number of ether oxygens (including phenoxy) is 1. The minimum atomic E-state index is -0.129. The summed E-state index contributed by atoms with van der Waals surface area (Å²) in [6, 6.07) is 0.0223. The molecule has 2 N–H and O–H groups in total. The Morgan fingerprint density at radius 1 is 1.64 bits per heavy atom. The van der Waals surface area contributed by atoms with Gasteiger partial charge in [0.05, 0.1) is 12.0 Å². The zero-order valence-electron chi connectivity index (χ0n) is 8.90. The van der Waals surface area contributed by atoms with Crippen LogP contribution in [0.2, 0.25) is 0 Å². The molecule has 0 fully saturated rings. The van der Waals surface area contributed by atoms with Crippen molar-refractivity contribution < 1.29 is 9.53 Å². The summed E-state index contributed by atoms with van der Waals surface area (Å²) in [5.41, 5.74) is 5.66. The largest absolute Gasteiger partial charge is 0.462 e. The fraction of sp³-hybridized carbons (Fsp3) is 0.727. The molecule has 1 rings (SSSR count). The smallest absolute Gasteiger partial charge is 0.313 e. The first-order chi connectivity index (χ1) is 6.63. The summed E-state index contributed by atoms with van der Waals surface area (Å²) < 4.78 is 5.28. The molecular formula is C11H19NO2. The molecule has 3 nitrogen and oxygen atoms in total. The number of rotatable bonds is 4. The lowest BCUT2D eigenvalue weighted by Crippen LogP contribution is -2.23. The lowest BCUT2D eigenvalue weighted by atomic mass is 10.1. The summed E-state index contributed by atoms with van der Waals surface area (Å²) >= 11 is 0. The van der Waals surface area contributed by atoms with Gasteiger partial charge >= 0.3 is 5.97 Å². The number of hydrogen-bond acceptors (Lipinski definition) is 3. The van der Waals surface area contributed by atoms with E-state index in [0.29, 0.717) is 6.42 Å². The number of hydrogen-bond donors (Lipinski definition) is 1. The number of carbonyl (C=O) groups excluding carboxylic acids is 1. The molecule has 0 heterocycles. The topological polar surface area (TPSA) is 52.3 Å². The van der Waals surface area contributed by atoms with Gasteiger partial charge in [0.25, 0.3) is 0 Å². The second-order valence-corrected chi connectivity index (χ2v) is 3.93. The second kappa shape index (κ2) is 5.15. The Hall–Kier alpha value is -0.830. The molecule has 0 spiro atoms. The van der Waals surface area contributed by atoms with E-state index in [1.165, 1.54) is 0 Å². The van der Waals surface area contributed by atoms with Crippen molar-refractivity contribution in [1.82, 2.24) is 0 Å². The molecule has 0 saturated carbocycles. The lowest BCUT2D eigenvalue weighted by Gasteiger charge is -2.15. The van der Waals surface area contributed by atoms with E-state index in [0.717, 1.165) is 12.8 Å². The molecule has 0 saturated heterocycles. The molecule has 3 atom stereocenters. The van der Waals surface area contributed by atoms with Crippen LogP contribution in [0.5, 0.6) is 0 Å².